The van der Waals surface area contributed by atoms with Gasteiger partial charge in [-0.15, -0.1) is 0 Å². The maximum absolute atomic E-state index is 12.9. The van der Waals surface area contributed by atoms with Gasteiger partial charge in [0.1, 0.15) is 23.7 Å². The van der Waals surface area contributed by atoms with E-state index in [4.69, 9.17) is 0 Å². The first-order chi connectivity index (χ1) is 14.3. The smallest absolute Gasteiger partial charge is 0.255 e. The summed E-state index contributed by atoms with van der Waals surface area (Å²) in [7, 11) is 1.58. The molecule has 0 aliphatic rings. The molecule has 10 heteroatoms. The summed E-state index contributed by atoms with van der Waals surface area (Å²) < 4.78 is 18.7. The minimum atomic E-state index is -0.414. The molecule has 30 heavy (non-hydrogen) atoms. The summed E-state index contributed by atoms with van der Waals surface area (Å²) >= 11 is 0. The van der Waals surface area contributed by atoms with Crippen LogP contribution in [0.4, 0.5) is 4.39 Å². The number of carbonyl (C=O) groups is 2. The Balaban J connectivity index is 1.64. The lowest BCUT2D eigenvalue weighted by molar-refractivity contribution is -0.121. The summed E-state index contributed by atoms with van der Waals surface area (Å²) in [6.07, 6.45) is 1.34. The van der Waals surface area contributed by atoms with Gasteiger partial charge in [-0.05, 0) is 30.7 Å². The molecule has 0 unspecified atom stereocenters. The molecular weight excluding hydrogens is 393 g/mol. The molecule has 0 radical (unpaired) electrons. The van der Waals surface area contributed by atoms with Crippen molar-refractivity contribution in [2.24, 2.45) is 0 Å². The van der Waals surface area contributed by atoms with Crippen molar-refractivity contribution in [3.05, 3.63) is 81.3 Å². The first-order valence-corrected chi connectivity index (χ1v) is 9.08. The minimum absolute atomic E-state index is 0.186. The summed E-state index contributed by atoms with van der Waals surface area (Å²) in [5.74, 6) is -1.13. The number of aromatic nitrogens is 3. The second kappa shape index (κ2) is 9.12. The zero-order chi connectivity index (χ0) is 21.7. The monoisotopic (exact) mass is 413 g/mol. The van der Waals surface area contributed by atoms with Gasteiger partial charge in [0.05, 0.1) is 12.1 Å². The van der Waals surface area contributed by atoms with Crippen molar-refractivity contribution < 1.29 is 18.6 Å². The quantitative estimate of drug-likeness (QED) is 0.625. The Morgan fingerprint density at radius 2 is 1.90 bits per heavy atom. The van der Waals surface area contributed by atoms with Crippen LogP contribution >= 0.6 is 0 Å². The second-order valence-electron chi connectivity index (χ2n) is 6.74. The highest BCUT2D eigenvalue weighted by molar-refractivity contribution is 5.93. The van der Waals surface area contributed by atoms with Crippen LogP contribution in [0.1, 0.15) is 27.3 Å². The molecule has 3 aromatic rings. The molecule has 0 aliphatic carbocycles. The number of halogens is 1. The van der Waals surface area contributed by atoms with Crippen LogP contribution in [0.15, 0.2) is 52.0 Å². The highest BCUT2D eigenvalue weighted by atomic mass is 19.1. The molecule has 2 heterocycles. The summed E-state index contributed by atoms with van der Waals surface area (Å²) in [5.41, 5.74) is 1.66. The van der Waals surface area contributed by atoms with E-state index in [1.165, 1.54) is 35.4 Å². The maximum Gasteiger partial charge on any atom is 0.255 e. The number of hydrogen-bond acceptors (Lipinski definition) is 6. The summed E-state index contributed by atoms with van der Waals surface area (Å²) in [6.45, 7) is 1.85. The van der Waals surface area contributed by atoms with Gasteiger partial charge in [0.25, 0.3) is 11.5 Å². The molecule has 3 rings (SSSR count). The molecule has 0 atom stereocenters. The van der Waals surface area contributed by atoms with Crippen LogP contribution in [0.3, 0.4) is 0 Å². The standard InChI is InChI=1S/C20H20FN5O4/c1-13-17(24-30-23-13)11-25(2)20(29)15-5-8-19(28)26(10-15)12-18(27)22-9-14-3-6-16(21)7-4-14/h3-8,10H,9,11-12H2,1-2H3,(H,22,27). The van der Waals surface area contributed by atoms with Gasteiger partial charge in [0.2, 0.25) is 5.91 Å². The molecular formula is C20H20FN5O4. The van der Waals surface area contributed by atoms with Crippen LogP contribution < -0.4 is 10.9 Å². The molecule has 0 saturated heterocycles. The van der Waals surface area contributed by atoms with Crippen molar-refractivity contribution in [2.45, 2.75) is 26.6 Å². The number of pyridine rings is 1. The maximum atomic E-state index is 12.9. The van der Waals surface area contributed by atoms with E-state index < -0.39 is 11.5 Å². The Labute approximate surface area is 171 Å². The number of nitrogens with zero attached hydrogens (tertiary/aromatic N) is 4. The van der Waals surface area contributed by atoms with Gasteiger partial charge < -0.3 is 14.8 Å². The molecule has 0 saturated carbocycles. The Kier molecular flexibility index (Phi) is 6.35. The number of rotatable bonds is 7. The molecule has 1 aromatic carbocycles. The molecule has 0 spiro atoms. The van der Waals surface area contributed by atoms with Gasteiger partial charge in [-0.1, -0.05) is 22.4 Å². The number of carbonyl (C=O) groups excluding carboxylic acids is 2. The highest BCUT2D eigenvalue weighted by Gasteiger charge is 2.17. The molecule has 1 N–H and O–H groups in total. The third-order valence-electron chi connectivity index (χ3n) is 4.43. The van der Waals surface area contributed by atoms with E-state index >= 15 is 0 Å². The van der Waals surface area contributed by atoms with E-state index in [0.717, 1.165) is 10.1 Å². The van der Waals surface area contributed by atoms with Crippen LogP contribution in [-0.4, -0.2) is 38.6 Å². The third kappa shape index (κ3) is 5.16. The number of amides is 2. The van der Waals surface area contributed by atoms with Gasteiger partial charge in [-0.2, -0.15) is 0 Å². The predicted molar refractivity (Wildman–Crippen MR) is 104 cm³/mol. The third-order valence-corrected chi connectivity index (χ3v) is 4.43. The number of aryl methyl sites for hydroxylation is 1. The van der Waals surface area contributed by atoms with Crippen LogP contribution in [0.2, 0.25) is 0 Å². The topological polar surface area (TPSA) is 110 Å². The first kappa shape index (κ1) is 20.9. The van der Waals surface area contributed by atoms with Crippen LogP contribution in [0.25, 0.3) is 0 Å². The largest absolute Gasteiger partial charge is 0.350 e. The summed E-state index contributed by atoms with van der Waals surface area (Å²) in [5, 5.41) is 10.1. The van der Waals surface area contributed by atoms with Crippen LogP contribution in [-0.2, 0) is 24.4 Å². The Morgan fingerprint density at radius 3 is 2.57 bits per heavy atom. The lowest BCUT2D eigenvalue weighted by atomic mass is 10.2. The van der Waals surface area contributed by atoms with E-state index in [9.17, 15) is 18.8 Å². The zero-order valence-corrected chi connectivity index (χ0v) is 16.5. The van der Waals surface area contributed by atoms with Gasteiger partial charge in [-0.3, -0.25) is 14.4 Å². The Hall–Kier alpha value is -3.82. The summed E-state index contributed by atoms with van der Waals surface area (Å²) in [4.78, 5) is 38.4. The fourth-order valence-corrected chi connectivity index (χ4v) is 2.70. The second-order valence-corrected chi connectivity index (χ2v) is 6.74. The van der Waals surface area contributed by atoms with E-state index in [1.807, 2.05) is 0 Å². The van der Waals surface area contributed by atoms with Gasteiger partial charge in [-0.25, -0.2) is 9.02 Å². The molecule has 0 aliphatic heterocycles. The van der Waals surface area contributed by atoms with Crippen molar-refractivity contribution in [2.75, 3.05) is 7.05 Å². The van der Waals surface area contributed by atoms with E-state index in [2.05, 4.69) is 20.3 Å². The van der Waals surface area contributed by atoms with Crippen LogP contribution in [0, 0.1) is 12.7 Å². The van der Waals surface area contributed by atoms with E-state index in [-0.39, 0.29) is 36.9 Å². The Bertz CT molecular complexity index is 1110. The molecule has 156 valence electrons. The zero-order valence-electron chi connectivity index (χ0n) is 16.5. The highest BCUT2D eigenvalue weighted by Crippen LogP contribution is 2.08. The lowest BCUT2D eigenvalue weighted by Crippen LogP contribution is -2.33. The minimum Gasteiger partial charge on any atom is -0.350 e. The van der Waals surface area contributed by atoms with Crippen molar-refractivity contribution in [3.8, 4) is 0 Å². The van der Waals surface area contributed by atoms with E-state index in [1.54, 1.807) is 26.1 Å². The Morgan fingerprint density at radius 1 is 1.17 bits per heavy atom. The van der Waals surface area contributed by atoms with Gasteiger partial charge >= 0.3 is 0 Å². The molecule has 9 nitrogen and oxygen atoms in total. The molecule has 0 bridgehead atoms. The first-order valence-electron chi connectivity index (χ1n) is 9.08. The fraction of sp³-hybridized carbons (Fsp3) is 0.250. The van der Waals surface area contributed by atoms with E-state index in [0.29, 0.717) is 11.4 Å². The molecule has 2 aromatic heterocycles. The molecule has 2 amide bonds. The normalized spacial score (nSPS) is 10.6. The molecule has 0 fully saturated rings. The lowest BCUT2D eigenvalue weighted by Gasteiger charge is -2.16. The SMILES string of the molecule is Cc1nonc1CN(C)C(=O)c1ccc(=O)n(CC(=O)NCc2ccc(F)cc2)c1. The van der Waals surface area contributed by atoms with Crippen molar-refractivity contribution in [3.63, 3.8) is 0 Å². The number of hydrogen-bond donors (Lipinski definition) is 1. The average molecular weight is 413 g/mol. The van der Waals surface area contributed by atoms with Crippen molar-refractivity contribution in [1.82, 2.24) is 25.1 Å². The number of benzene rings is 1. The van der Waals surface area contributed by atoms with Crippen LogP contribution in [0.5, 0.6) is 0 Å². The number of nitrogens with one attached hydrogen (secondary N) is 1. The van der Waals surface area contributed by atoms with Gasteiger partial charge in [0.15, 0.2) is 0 Å². The van der Waals surface area contributed by atoms with Crippen molar-refractivity contribution >= 4 is 11.8 Å². The summed E-state index contributed by atoms with van der Waals surface area (Å²) in [6, 6.07) is 8.35. The fourth-order valence-electron chi connectivity index (χ4n) is 2.70. The average Bonchev–Trinajstić information content (AvgIpc) is 3.13. The van der Waals surface area contributed by atoms with Crippen molar-refractivity contribution in [1.29, 1.82) is 0 Å². The van der Waals surface area contributed by atoms with Gasteiger partial charge in [0, 0.05) is 25.9 Å². The predicted octanol–water partition coefficient (Wildman–Crippen LogP) is 1.27.